The summed E-state index contributed by atoms with van der Waals surface area (Å²) in [6, 6.07) is 10.4. The minimum atomic E-state index is -1.17. The van der Waals surface area contributed by atoms with E-state index in [2.05, 4.69) is 10.3 Å². The number of ketones is 1. The van der Waals surface area contributed by atoms with Gasteiger partial charge >= 0.3 is 24.2 Å². The second kappa shape index (κ2) is 17.1. The van der Waals surface area contributed by atoms with Crippen LogP contribution in [0.5, 0.6) is 5.75 Å². The summed E-state index contributed by atoms with van der Waals surface area (Å²) in [5.41, 5.74) is -2.60. The number of carbonyl (C=O) groups is 6. The molecule has 0 aromatic heterocycles. The fourth-order valence-corrected chi connectivity index (χ4v) is 4.47. The average Bonchev–Trinajstić information content (AvgIpc) is 2.96. The van der Waals surface area contributed by atoms with Crippen molar-refractivity contribution < 1.29 is 52.8 Å². The molecule has 0 aliphatic heterocycles. The Bertz CT molecular complexity index is 1560. The van der Waals surface area contributed by atoms with Crippen molar-refractivity contribution in [2.75, 3.05) is 18.6 Å². The number of Topliss-reactive ketones (excluding diaryl/α,β-unsaturated/α-hetero) is 1. The molecular formula is C35H45N3O11S. The topological polar surface area (TPSA) is 187 Å². The maximum absolute atomic E-state index is 13.4. The van der Waals surface area contributed by atoms with Crippen LogP contribution in [-0.4, -0.2) is 93.2 Å². The lowest BCUT2D eigenvalue weighted by atomic mass is 10.0. The molecule has 2 aromatic carbocycles. The zero-order valence-electron chi connectivity index (χ0n) is 29.9. The number of carbonyl (C=O) groups excluding carboxylic acids is 5. The zero-order chi connectivity index (χ0) is 38.0. The van der Waals surface area contributed by atoms with Gasteiger partial charge in [-0.1, -0.05) is 12.1 Å². The molecule has 0 saturated carbocycles. The molecule has 0 radical (unpaired) electrons. The van der Waals surface area contributed by atoms with Gasteiger partial charge in [0.1, 0.15) is 28.6 Å². The first-order chi connectivity index (χ1) is 23.0. The molecule has 2 aromatic rings. The maximum atomic E-state index is 13.4. The Morgan fingerprint density at radius 2 is 1.20 bits per heavy atom. The van der Waals surface area contributed by atoms with E-state index < -0.39 is 65.4 Å². The van der Waals surface area contributed by atoms with Crippen molar-refractivity contribution in [2.24, 2.45) is 4.99 Å². The standard InChI is InChI=1S/C35H45N3O11S/c1-33(2,3)47-30(43)37-28(38(31(44)48-34(4,5)6)32(45)49-35(7,8)9)22-11-13-23(14-12-22)29(42)36-25(20-50-10)27(41)21-15-17-24(18-16-21)46-19-26(39)40/h11-18,25H,19-20H2,1-10H3,(H,36,42)(H,39,40)/b37-28+/t25-/m0/s1. The van der Waals surface area contributed by atoms with Crippen LogP contribution in [0.3, 0.4) is 0 Å². The normalized spacial score (nSPS) is 12.6. The summed E-state index contributed by atoms with van der Waals surface area (Å²) in [4.78, 5) is 81.6. The molecule has 14 nitrogen and oxygen atoms in total. The van der Waals surface area contributed by atoms with Crippen LogP contribution >= 0.6 is 11.8 Å². The Labute approximate surface area is 295 Å². The summed E-state index contributed by atoms with van der Waals surface area (Å²) in [5, 5.41) is 11.5. The molecule has 4 amide bonds. The average molecular weight is 716 g/mol. The summed E-state index contributed by atoms with van der Waals surface area (Å²) in [7, 11) is 0. The van der Waals surface area contributed by atoms with Crippen LogP contribution in [0.15, 0.2) is 53.5 Å². The van der Waals surface area contributed by atoms with E-state index in [1.165, 1.54) is 60.3 Å². The lowest BCUT2D eigenvalue weighted by Crippen LogP contribution is -2.47. The Hall–Kier alpha value is -4.92. The SMILES string of the molecule is CSC[C@H](NC(=O)c1ccc(/C(=N\C(=O)OC(C)(C)C)N(C(=O)OC(C)(C)C)C(=O)OC(C)(C)C)cc1)C(=O)c1ccc(OCC(=O)O)cc1. The molecule has 15 heteroatoms. The highest BCUT2D eigenvalue weighted by Crippen LogP contribution is 2.20. The molecule has 0 saturated heterocycles. The second-order valence-corrected chi connectivity index (χ2v) is 14.8. The number of carboxylic acids is 1. The van der Waals surface area contributed by atoms with Crippen LogP contribution in [0, 0.1) is 0 Å². The lowest BCUT2D eigenvalue weighted by molar-refractivity contribution is -0.139. The number of ether oxygens (including phenoxy) is 4. The van der Waals surface area contributed by atoms with Crippen LogP contribution in [0.25, 0.3) is 0 Å². The predicted molar refractivity (Wildman–Crippen MR) is 187 cm³/mol. The van der Waals surface area contributed by atoms with E-state index >= 15 is 0 Å². The number of amidine groups is 1. The second-order valence-electron chi connectivity index (χ2n) is 13.8. The fraction of sp³-hybridized carbons (Fsp3) is 0.457. The quantitative estimate of drug-likeness (QED) is 0.120. The molecule has 0 bridgehead atoms. The van der Waals surface area contributed by atoms with Crippen LogP contribution in [0.2, 0.25) is 0 Å². The number of amides is 4. The predicted octanol–water partition coefficient (Wildman–Crippen LogP) is 6.35. The fourth-order valence-electron chi connectivity index (χ4n) is 3.90. The summed E-state index contributed by atoms with van der Waals surface area (Å²) < 4.78 is 21.4. The van der Waals surface area contributed by atoms with Crippen molar-refractivity contribution in [3.05, 3.63) is 65.2 Å². The van der Waals surface area contributed by atoms with Gasteiger partial charge in [0, 0.05) is 22.4 Å². The third-order valence-corrected chi connectivity index (χ3v) is 6.48. The summed E-state index contributed by atoms with van der Waals surface area (Å²) in [6.45, 7) is 13.9. The van der Waals surface area contributed by atoms with Gasteiger partial charge < -0.3 is 29.4 Å². The number of hydrogen-bond donors (Lipinski definition) is 2. The Balaban J connectivity index is 2.48. The van der Waals surface area contributed by atoms with Gasteiger partial charge in [-0.25, -0.2) is 19.2 Å². The first kappa shape index (κ1) is 41.3. The van der Waals surface area contributed by atoms with Gasteiger partial charge in [-0.05, 0) is 105 Å². The third kappa shape index (κ3) is 13.9. The molecule has 0 aliphatic carbocycles. The van der Waals surface area contributed by atoms with Gasteiger partial charge in [0.25, 0.3) is 5.91 Å². The highest BCUT2D eigenvalue weighted by molar-refractivity contribution is 7.98. The number of rotatable bonds is 10. The van der Waals surface area contributed by atoms with E-state index in [0.29, 0.717) is 4.90 Å². The van der Waals surface area contributed by atoms with Gasteiger partial charge in [0.15, 0.2) is 18.2 Å². The smallest absolute Gasteiger partial charge is 0.436 e. The monoisotopic (exact) mass is 715 g/mol. The summed E-state index contributed by atoms with van der Waals surface area (Å²) in [5.74, 6) is -2.09. The highest BCUT2D eigenvalue weighted by atomic mass is 32.2. The molecule has 272 valence electrons. The maximum Gasteiger partial charge on any atom is 0.436 e. The van der Waals surface area contributed by atoms with E-state index in [9.17, 15) is 28.8 Å². The van der Waals surface area contributed by atoms with Gasteiger partial charge in [-0.2, -0.15) is 21.7 Å². The minimum Gasteiger partial charge on any atom is -0.482 e. The van der Waals surface area contributed by atoms with Crippen molar-refractivity contribution in [3.8, 4) is 5.75 Å². The molecule has 50 heavy (non-hydrogen) atoms. The van der Waals surface area contributed by atoms with E-state index in [-0.39, 0.29) is 34.0 Å². The Morgan fingerprint density at radius 3 is 1.64 bits per heavy atom. The molecule has 2 N–H and O–H groups in total. The highest BCUT2D eigenvalue weighted by Gasteiger charge is 2.37. The molecule has 0 spiro atoms. The van der Waals surface area contributed by atoms with Gasteiger partial charge in [-0.15, -0.1) is 0 Å². The van der Waals surface area contributed by atoms with E-state index in [1.54, 1.807) is 68.6 Å². The number of hydrogen-bond acceptors (Lipinski definition) is 11. The third-order valence-electron chi connectivity index (χ3n) is 5.82. The number of thioether (sulfide) groups is 1. The minimum absolute atomic E-state index is 0.0612. The number of nitrogens with zero attached hydrogens (tertiary/aromatic N) is 2. The Kier molecular flexibility index (Phi) is 14.1. The van der Waals surface area contributed by atoms with Crippen LogP contribution in [-0.2, 0) is 19.0 Å². The van der Waals surface area contributed by atoms with Crippen molar-refractivity contribution >= 4 is 53.5 Å². The summed E-state index contributed by atoms with van der Waals surface area (Å²) in [6.07, 6.45) is -1.67. The molecule has 1 atom stereocenters. The van der Waals surface area contributed by atoms with Crippen molar-refractivity contribution in [1.29, 1.82) is 0 Å². The van der Waals surface area contributed by atoms with Crippen molar-refractivity contribution in [2.45, 2.75) is 85.2 Å². The lowest BCUT2D eigenvalue weighted by Gasteiger charge is -2.29. The van der Waals surface area contributed by atoms with Crippen molar-refractivity contribution in [3.63, 3.8) is 0 Å². The molecule has 0 heterocycles. The van der Waals surface area contributed by atoms with Gasteiger partial charge in [0.05, 0.1) is 0 Å². The number of carboxylic acid groups (broad SMARTS) is 1. The van der Waals surface area contributed by atoms with E-state index in [0.717, 1.165) is 0 Å². The van der Waals surface area contributed by atoms with Crippen LogP contribution in [0.1, 0.15) is 88.6 Å². The number of aliphatic carboxylic acids is 1. The Morgan fingerprint density at radius 1 is 0.740 bits per heavy atom. The van der Waals surface area contributed by atoms with Crippen molar-refractivity contribution in [1.82, 2.24) is 10.2 Å². The molecule has 2 rings (SSSR count). The first-order valence-electron chi connectivity index (χ1n) is 15.5. The van der Waals surface area contributed by atoms with Crippen LogP contribution in [0.4, 0.5) is 14.4 Å². The van der Waals surface area contributed by atoms with E-state index in [4.69, 9.17) is 24.1 Å². The first-order valence-corrected chi connectivity index (χ1v) is 16.9. The number of imide groups is 1. The van der Waals surface area contributed by atoms with Crippen LogP contribution < -0.4 is 10.1 Å². The number of benzene rings is 2. The van der Waals surface area contributed by atoms with Gasteiger partial charge in [-0.3, -0.25) is 9.59 Å². The zero-order valence-corrected chi connectivity index (χ0v) is 30.8. The van der Waals surface area contributed by atoms with Gasteiger partial charge in [0.2, 0.25) is 0 Å². The van der Waals surface area contributed by atoms with E-state index in [1.807, 2.05) is 0 Å². The largest absolute Gasteiger partial charge is 0.482 e. The molecule has 0 fully saturated rings. The molecular weight excluding hydrogens is 670 g/mol. The molecule has 0 aliphatic rings. The number of nitrogens with one attached hydrogen (secondary N) is 1. The number of aliphatic imine (C=N–C) groups is 1. The molecule has 0 unspecified atom stereocenters. The summed E-state index contributed by atoms with van der Waals surface area (Å²) >= 11 is 1.34.